The van der Waals surface area contributed by atoms with Crippen molar-refractivity contribution in [3.05, 3.63) is 95.3 Å². The van der Waals surface area contributed by atoms with Gasteiger partial charge in [0.25, 0.3) is 0 Å². The molecule has 2 heterocycles. The van der Waals surface area contributed by atoms with E-state index in [1.807, 2.05) is 0 Å². The number of rotatable bonds is 8. The summed E-state index contributed by atoms with van der Waals surface area (Å²) >= 11 is 0.754. The molecule has 0 fully saturated rings. The first-order valence-corrected chi connectivity index (χ1v) is 10.5. The van der Waals surface area contributed by atoms with E-state index < -0.39 is 28.5 Å². The predicted octanol–water partition coefficient (Wildman–Crippen LogP) is 4.65. The van der Waals surface area contributed by atoms with Crippen molar-refractivity contribution < 1.29 is 18.0 Å². The fourth-order valence-corrected chi connectivity index (χ4v) is 3.74. The van der Waals surface area contributed by atoms with Gasteiger partial charge in [0.05, 0.1) is 21.7 Å². The molecule has 0 aliphatic carbocycles. The molecule has 0 saturated carbocycles. The molecular weight excluding hydrogens is 453 g/mol. The summed E-state index contributed by atoms with van der Waals surface area (Å²) in [7, 11) is 0. The SMILES string of the molecule is C=C/C=C(\C=C)Nc1cc(=O)c2c(C(F)(F)F)cc(SCC(N)=O)nc2n1-c1ccccc1. The number of nitrogens with two attached hydrogens (primary N) is 1. The van der Waals surface area contributed by atoms with Crippen LogP contribution in [0.4, 0.5) is 19.0 Å². The molecule has 3 N–H and O–H groups in total. The molecule has 2 aromatic heterocycles. The number of hydrogen-bond acceptors (Lipinski definition) is 5. The molecule has 0 saturated heterocycles. The number of aromatic nitrogens is 2. The molecule has 33 heavy (non-hydrogen) atoms. The number of anilines is 1. The lowest BCUT2D eigenvalue weighted by Gasteiger charge is -2.20. The Kier molecular flexibility index (Phi) is 7.07. The van der Waals surface area contributed by atoms with Crippen LogP contribution < -0.4 is 16.5 Å². The van der Waals surface area contributed by atoms with Crippen LogP contribution in [0.2, 0.25) is 0 Å². The summed E-state index contributed by atoms with van der Waals surface area (Å²) in [5.74, 6) is -0.813. The van der Waals surface area contributed by atoms with Gasteiger partial charge in [0.2, 0.25) is 5.91 Å². The molecule has 0 aliphatic heterocycles. The molecule has 0 unspecified atom stereocenters. The van der Waals surface area contributed by atoms with Crippen molar-refractivity contribution in [2.75, 3.05) is 11.1 Å². The summed E-state index contributed by atoms with van der Waals surface area (Å²) < 4.78 is 43.3. The van der Waals surface area contributed by atoms with Gasteiger partial charge in [-0.3, -0.25) is 14.2 Å². The maximum atomic E-state index is 14.0. The Hall–Kier alpha value is -3.79. The van der Waals surface area contributed by atoms with Crippen LogP contribution in [0, 0.1) is 0 Å². The highest BCUT2D eigenvalue weighted by atomic mass is 32.2. The van der Waals surface area contributed by atoms with Gasteiger partial charge in [0.1, 0.15) is 5.82 Å². The van der Waals surface area contributed by atoms with Crippen LogP contribution in [-0.2, 0) is 11.0 Å². The van der Waals surface area contributed by atoms with Gasteiger partial charge in [-0.1, -0.05) is 49.2 Å². The highest BCUT2D eigenvalue weighted by Crippen LogP contribution is 2.36. The van der Waals surface area contributed by atoms with E-state index in [2.05, 4.69) is 23.5 Å². The number of carbonyl (C=O) groups is 1. The number of para-hydroxylation sites is 1. The number of fused-ring (bicyclic) bond motifs is 1. The largest absolute Gasteiger partial charge is 0.417 e. The second-order valence-electron chi connectivity index (χ2n) is 6.71. The van der Waals surface area contributed by atoms with Crippen molar-refractivity contribution in [3.63, 3.8) is 0 Å². The van der Waals surface area contributed by atoms with E-state index in [1.54, 1.807) is 36.4 Å². The van der Waals surface area contributed by atoms with Crippen LogP contribution in [0.5, 0.6) is 0 Å². The average molecular weight is 472 g/mol. The minimum Gasteiger partial charge on any atom is -0.369 e. The van der Waals surface area contributed by atoms with Crippen LogP contribution in [0.25, 0.3) is 16.7 Å². The van der Waals surface area contributed by atoms with E-state index in [0.29, 0.717) is 11.4 Å². The molecule has 170 valence electrons. The lowest BCUT2D eigenvalue weighted by Crippen LogP contribution is -2.19. The summed E-state index contributed by atoms with van der Waals surface area (Å²) in [4.78, 5) is 28.4. The summed E-state index contributed by atoms with van der Waals surface area (Å²) in [6.07, 6.45) is -0.278. The van der Waals surface area contributed by atoms with Crippen molar-refractivity contribution in [1.29, 1.82) is 0 Å². The normalized spacial score (nSPS) is 11.9. The number of halogens is 3. The van der Waals surface area contributed by atoms with Gasteiger partial charge in [0, 0.05) is 17.5 Å². The number of carbonyl (C=O) groups excluding carboxylic acids is 1. The van der Waals surface area contributed by atoms with Gasteiger partial charge in [0.15, 0.2) is 11.1 Å². The predicted molar refractivity (Wildman–Crippen MR) is 124 cm³/mol. The second-order valence-corrected chi connectivity index (χ2v) is 7.71. The first-order valence-electron chi connectivity index (χ1n) is 9.52. The molecule has 3 rings (SSSR count). The van der Waals surface area contributed by atoms with Crippen molar-refractivity contribution in [3.8, 4) is 5.69 Å². The van der Waals surface area contributed by atoms with Gasteiger partial charge in [-0.25, -0.2) is 4.98 Å². The van der Waals surface area contributed by atoms with E-state index in [0.717, 1.165) is 23.9 Å². The topological polar surface area (TPSA) is 90.0 Å². The molecule has 1 aromatic carbocycles. The van der Waals surface area contributed by atoms with Crippen LogP contribution in [0.1, 0.15) is 5.56 Å². The Balaban J connectivity index is 2.45. The molecule has 0 atom stereocenters. The third kappa shape index (κ3) is 5.35. The Bertz CT molecular complexity index is 1320. The maximum absolute atomic E-state index is 14.0. The minimum absolute atomic E-state index is 0.0968. The molecule has 0 radical (unpaired) electrons. The van der Waals surface area contributed by atoms with E-state index >= 15 is 0 Å². The lowest BCUT2D eigenvalue weighted by molar-refractivity contribution is -0.136. The van der Waals surface area contributed by atoms with Gasteiger partial charge >= 0.3 is 6.18 Å². The fraction of sp³-hybridized carbons (Fsp3) is 0.0870. The number of pyridine rings is 2. The summed E-state index contributed by atoms with van der Waals surface area (Å²) in [6, 6.07) is 10.3. The average Bonchev–Trinajstić information content (AvgIpc) is 2.76. The van der Waals surface area contributed by atoms with Gasteiger partial charge in [-0.05, 0) is 30.4 Å². The smallest absolute Gasteiger partial charge is 0.369 e. The third-order valence-electron chi connectivity index (χ3n) is 4.42. The molecule has 0 spiro atoms. The molecule has 0 bridgehead atoms. The standard InChI is InChI=1S/C23H19F3N4O2S/c1-3-8-14(4-2)28-19-12-17(31)21-16(23(24,25)26)11-20(33-13-18(27)32)29-22(21)30(19)15-9-6-5-7-10-15/h3-12,28H,1-2,13H2,(H2,27,32)/b14-8+. The Morgan fingerprint density at radius 1 is 1.21 bits per heavy atom. The van der Waals surface area contributed by atoms with Gasteiger partial charge in [-0.15, -0.1) is 0 Å². The lowest BCUT2D eigenvalue weighted by atomic mass is 10.1. The quantitative estimate of drug-likeness (QED) is 0.368. The zero-order chi connectivity index (χ0) is 24.2. The highest BCUT2D eigenvalue weighted by Gasteiger charge is 2.35. The molecule has 1 amide bonds. The molecule has 0 aliphatic rings. The Morgan fingerprint density at radius 3 is 2.48 bits per heavy atom. The molecule has 6 nitrogen and oxygen atoms in total. The molecule has 3 aromatic rings. The van der Waals surface area contributed by atoms with Crippen molar-refractivity contribution in [2.24, 2.45) is 5.73 Å². The van der Waals surface area contributed by atoms with E-state index in [-0.39, 0.29) is 22.2 Å². The van der Waals surface area contributed by atoms with Crippen molar-refractivity contribution in [1.82, 2.24) is 9.55 Å². The van der Waals surface area contributed by atoms with E-state index in [1.165, 1.54) is 16.7 Å². The fourth-order valence-electron chi connectivity index (χ4n) is 3.10. The maximum Gasteiger partial charge on any atom is 0.417 e. The summed E-state index contributed by atoms with van der Waals surface area (Å²) in [5, 5.41) is 2.30. The van der Waals surface area contributed by atoms with Crippen LogP contribution in [0.3, 0.4) is 0 Å². The number of nitrogens with zero attached hydrogens (tertiary/aromatic N) is 2. The summed E-state index contributed by atoms with van der Waals surface area (Å²) in [6.45, 7) is 7.30. The molecular formula is C23H19F3N4O2S. The van der Waals surface area contributed by atoms with Crippen LogP contribution in [-0.4, -0.2) is 21.2 Å². The monoisotopic (exact) mass is 472 g/mol. The number of benzene rings is 1. The third-order valence-corrected chi connectivity index (χ3v) is 5.35. The number of alkyl halides is 3. The molecule has 10 heteroatoms. The van der Waals surface area contributed by atoms with E-state index in [4.69, 9.17) is 5.73 Å². The van der Waals surface area contributed by atoms with Crippen molar-refractivity contribution >= 4 is 34.5 Å². The first-order chi connectivity index (χ1) is 15.7. The van der Waals surface area contributed by atoms with Crippen LogP contribution in [0.15, 0.2) is 89.4 Å². The number of nitrogens with one attached hydrogen (secondary N) is 1. The Labute approximate surface area is 191 Å². The van der Waals surface area contributed by atoms with Gasteiger partial charge in [-0.2, -0.15) is 13.2 Å². The number of amides is 1. The van der Waals surface area contributed by atoms with E-state index in [9.17, 15) is 22.8 Å². The van der Waals surface area contributed by atoms with Crippen molar-refractivity contribution in [2.45, 2.75) is 11.2 Å². The van der Waals surface area contributed by atoms with Gasteiger partial charge < -0.3 is 11.1 Å². The Morgan fingerprint density at radius 2 is 1.91 bits per heavy atom. The number of primary amides is 1. The number of allylic oxidation sites excluding steroid dienone is 3. The van der Waals surface area contributed by atoms with Crippen LogP contribution >= 0.6 is 11.8 Å². The number of thioether (sulfide) groups is 1. The zero-order valence-corrected chi connectivity index (χ0v) is 18.0. The second kappa shape index (κ2) is 9.78. The summed E-state index contributed by atoms with van der Waals surface area (Å²) in [5.41, 5.74) is 3.83. The first kappa shape index (κ1) is 23.9. The number of hydrogen-bond donors (Lipinski definition) is 2. The zero-order valence-electron chi connectivity index (χ0n) is 17.2. The highest BCUT2D eigenvalue weighted by molar-refractivity contribution is 7.99. The minimum atomic E-state index is -4.83.